The summed E-state index contributed by atoms with van der Waals surface area (Å²) in [5.74, 6) is -0.977. The van der Waals surface area contributed by atoms with Gasteiger partial charge in [0.15, 0.2) is 30.4 Å². The predicted octanol–water partition coefficient (Wildman–Crippen LogP) is -5.19. The fraction of sp³-hybridized carbons (Fsp3) is 0.0833. The Labute approximate surface area is 241 Å². The summed E-state index contributed by atoms with van der Waals surface area (Å²) in [7, 11) is 3.82. The highest BCUT2D eigenvalue weighted by Gasteiger charge is 2.11. The summed E-state index contributed by atoms with van der Waals surface area (Å²) in [4.78, 5) is 33.4. The summed E-state index contributed by atoms with van der Waals surface area (Å²) in [6.45, 7) is 0. The van der Waals surface area contributed by atoms with Crippen LogP contribution >= 0.6 is 0 Å². The third kappa shape index (κ3) is 7.81. The lowest BCUT2D eigenvalue weighted by atomic mass is 10.2. The number of fused-ring (bicyclic) bond motifs is 1. The lowest BCUT2D eigenvalue weighted by Gasteiger charge is -2.04. The van der Waals surface area contributed by atoms with E-state index in [1.54, 1.807) is 24.3 Å². The minimum atomic E-state index is -0.489. The van der Waals surface area contributed by atoms with E-state index in [2.05, 4.69) is 31.0 Å². The quantitative estimate of drug-likeness (QED) is 0.0903. The second-order valence-corrected chi connectivity index (χ2v) is 7.43. The lowest BCUT2D eigenvalue weighted by molar-refractivity contribution is -0.671. The Morgan fingerprint density at radius 1 is 0.694 bits per heavy atom. The Bertz CT molecular complexity index is 1300. The number of carbonyl (C=O) groups is 2. The molecule has 0 radical (unpaired) electrons. The highest BCUT2D eigenvalue weighted by molar-refractivity contribution is 5.97. The molecule has 4 heterocycles. The Kier molecular flexibility index (Phi) is 10.9. The summed E-state index contributed by atoms with van der Waals surface area (Å²) in [6, 6.07) is 14.0. The van der Waals surface area contributed by atoms with Crippen molar-refractivity contribution in [1.82, 2.24) is 20.8 Å². The van der Waals surface area contributed by atoms with E-state index in [4.69, 9.17) is 0 Å². The number of halogens is 2. The molecule has 10 nitrogen and oxygen atoms in total. The number of nitrogens with one attached hydrogen (secondary N) is 2. The molecule has 36 heavy (non-hydrogen) atoms. The van der Waals surface area contributed by atoms with Gasteiger partial charge in [-0.25, -0.2) is 30.0 Å². The van der Waals surface area contributed by atoms with Gasteiger partial charge in [0, 0.05) is 40.8 Å². The first-order valence-corrected chi connectivity index (χ1v) is 10.3. The van der Waals surface area contributed by atoms with Gasteiger partial charge >= 0.3 is 0 Å². The first-order valence-electron chi connectivity index (χ1n) is 10.3. The van der Waals surface area contributed by atoms with Gasteiger partial charge in [-0.2, -0.15) is 10.2 Å². The van der Waals surface area contributed by atoms with E-state index >= 15 is 0 Å². The molecule has 0 saturated heterocycles. The van der Waals surface area contributed by atoms with Crippen molar-refractivity contribution in [1.29, 1.82) is 0 Å². The molecule has 0 aliphatic rings. The van der Waals surface area contributed by atoms with Crippen LogP contribution in [0.1, 0.15) is 32.1 Å². The van der Waals surface area contributed by atoms with Crippen LogP contribution in [0.25, 0.3) is 11.0 Å². The Hall–Kier alpha value is -3.40. The molecule has 0 aliphatic carbocycles. The molecule has 0 saturated carbocycles. The van der Waals surface area contributed by atoms with E-state index < -0.39 is 11.8 Å². The van der Waals surface area contributed by atoms with E-state index in [-0.39, 0.29) is 65.0 Å². The first kappa shape index (κ1) is 28.8. The summed E-state index contributed by atoms with van der Waals surface area (Å²) in [5, 5.41) is 8.61. The largest absolute Gasteiger partial charge is 1.00 e. The van der Waals surface area contributed by atoms with Crippen molar-refractivity contribution in [3.05, 3.63) is 95.8 Å². The number of pyridine rings is 4. The van der Waals surface area contributed by atoms with Gasteiger partial charge in [0.2, 0.25) is 0 Å². The van der Waals surface area contributed by atoms with Gasteiger partial charge in [-0.15, -0.1) is 0 Å². The van der Waals surface area contributed by atoms with Crippen LogP contribution in [-0.2, 0) is 14.1 Å². The molecule has 0 bridgehead atoms. The normalized spacial score (nSPS) is 10.6. The van der Waals surface area contributed by atoms with Gasteiger partial charge < -0.3 is 48.0 Å². The minimum Gasteiger partial charge on any atom is -1.00 e. The molecule has 12 heteroatoms. The first-order chi connectivity index (χ1) is 16.5. The van der Waals surface area contributed by atoms with E-state index in [1.165, 1.54) is 12.4 Å². The Balaban J connectivity index is 0.00000228. The number of rotatable bonds is 6. The number of hydrogen-bond acceptors (Lipinski definition) is 6. The molecule has 4 rings (SSSR count). The molecule has 0 unspecified atom stereocenters. The van der Waals surface area contributed by atoms with Crippen LogP contribution in [0.4, 0.5) is 0 Å². The summed E-state index contributed by atoms with van der Waals surface area (Å²) in [5.41, 5.74) is 7.09. The van der Waals surface area contributed by atoms with Crippen molar-refractivity contribution in [3.8, 4) is 0 Å². The maximum Gasteiger partial charge on any atom is 0.290 e. The van der Waals surface area contributed by atoms with Gasteiger partial charge in [-0.3, -0.25) is 9.59 Å². The monoisotopic (exact) mass is 708 g/mol. The van der Waals surface area contributed by atoms with Gasteiger partial charge in [-0.05, 0) is 24.3 Å². The van der Waals surface area contributed by atoms with Gasteiger partial charge in [0.05, 0.1) is 12.4 Å². The third-order valence-electron chi connectivity index (χ3n) is 4.79. The zero-order valence-electron chi connectivity index (χ0n) is 19.3. The van der Waals surface area contributed by atoms with Crippen molar-refractivity contribution in [2.75, 3.05) is 0 Å². The molecule has 0 aliphatic heterocycles. The fourth-order valence-electron chi connectivity index (χ4n) is 2.89. The standard InChI is InChI=1S/C24H20N8O2.2HI/c1-31-11-7-17(8-12-31)15-25-29-23(33)20-5-3-19-4-6-21(28-22(19)27-20)24(34)30-26-16-18-9-13-32(2)14-10-18;;/h3-16H,1-2H3;2*1H. The maximum atomic E-state index is 12.4. The van der Waals surface area contributed by atoms with Crippen LogP contribution < -0.4 is 67.9 Å². The third-order valence-corrected chi connectivity index (χ3v) is 4.79. The van der Waals surface area contributed by atoms with E-state index in [9.17, 15) is 9.59 Å². The highest BCUT2D eigenvalue weighted by atomic mass is 127. The number of hydrogen-bond donors (Lipinski definition) is 2. The summed E-state index contributed by atoms with van der Waals surface area (Å²) < 4.78 is 3.79. The number of aryl methyl sites for hydroxylation is 2. The fourth-order valence-corrected chi connectivity index (χ4v) is 2.89. The number of aromatic nitrogens is 4. The zero-order chi connectivity index (χ0) is 23.9. The van der Waals surface area contributed by atoms with Crippen LogP contribution in [0.5, 0.6) is 0 Å². The average molecular weight is 708 g/mol. The average Bonchev–Trinajstić information content (AvgIpc) is 2.85. The molecule has 0 atom stereocenters. The van der Waals surface area contributed by atoms with Crippen molar-refractivity contribution in [2.24, 2.45) is 24.3 Å². The molecule has 2 N–H and O–H groups in total. The van der Waals surface area contributed by atoms with E-state index in [1.807, 2.05) is 72.3 Å². The zero-order valence-corrected chi connectivity index (χ0v) is 23.7. The molecule has 2 amide bonds. The molecule has 4 aromatic heterocycles. The van der Waals surface area contributed by atoms with Gasteiger partial charge in [-0.1, -0.05) is 0 Å². The number of hydrazone groups is 2. The molecule has 4 aromatic rings. The molecule has 184 valence electrons. The molecule has 0 fully saturated rings. The molecular formula is C24H22I2N8O2. The van der Waals surface area contributed by atoms with Crippen LogP contribution in [0.15, 0.2) is 83.5 Å². The topological polar surface area (TPSA) is 116 Å². The van der Waals surface area contributed by atoms with Crippen molar-refractivity contribution in [2.45, 2.75) is 0 Å². The second kappa shape index (κ2) is 13.6. The van der Waals surface area contributed by atoms with E-state index in [0.29, 0.717) is 5.39 Å². The number of carbonyl (C=O) groups excluding carboxylic acids is 2. The maximum absolute atomic E-state index is 12.4. The molecule has 0 spiro atoms. The van der Waals surface area contributed by atoms with Crippen LogP contribution in [-0.4, -0.2) is 34.2 Å². The second-order valence-electron chi connectivity index (χ2n) is 7.43. The lowest BCUT2D eigenvalue weighted by Crippen LogP contribution is -3.00. The highest BCUT2D eigenvalue weighted by Crippen LogP contribution is 2.12. The van der Waals surface area contributed by atoms with E-state index in [0.717, 1.165) is 11.1 Å². The summed E-state index contributed by atoms with van der Waals surface area (Å²) in [6.07, 6.45) is 10.6. The van der Waals surface area contributed by atoms with Crippen LogP contribution in [0.3, 0.4) is 0 Å². The van der Waals surface area contributed by atoms with Crippen molar-refractivity contribution >= 4 is 35.3 Å². The predicted molar refractivity (Wildman–Crippen MR) is 125 cm³/mol. The van der Waals surface area contributed by atoms with Gasteiger partial charge in [0.1, 0.15) is 25.5 Å². The Morgan fingerprint density at radius 2 is 1.08 bits per heavy atom. The SMILES string of the molecule is C[n+]1ccc(C=NNC(=O)c2ccc3ccc(C(=O)NN=Cc4cc[n+](C)cc4)nc3n2)cc1.[I-].[I-]. The van der Waals surface area contributed by atoms with Crippen molar-refractivity contribution in [3.63, 3.8) is 0 Å². The number of amides is 2. The van der Waals surface area contributed by atoms with Crippen LogP contribution in [0.2, 0.25) is 0 Å². The van der Waals surface area contributed by atoms with Gasteiger partial charge in [0.25, 0.3) is 11.8 Å². The smallest absolute Gasteiger partial charge is 0.290 e. The molecular weight excluding hydrogens is 686 g/mol. The molecule has 0 aromatic carbocycles. The number of nitrogens with zero attached hydrogens (tertiary/aromatic N) is 6. The Morgan fingerprint density at radius 3 is 1.47 bits per heavy atom. The minimum absolute atomic E-state index is 0. The van der Waals surface area contributed by atoms with Crippen molar-refractivity contribution < 1.29 is 66.7 Å². The van der Waals surface area contributed by atoms with Crippen LogP contribution in [0, 0.1) is 0 Å². The summed E-state index contributed by atoms with van der Waals surface area (Å²) >= 11 is 0.